The predicted octanol–water partition coefficient (Wildman–Crippen LogP) is 3.05. The van der Waals surface area contributed by atoms with E-state index in [0.29, 0.717) is 59.0 Å². The molecule has 3 aromatic carbocycles. The smallest absolute Gasteiger partial charge is 0.246 e. The van der Waals surface area contributed by atoms with Gasteiger partial charge in [0.05, 0.1) is 66.1 Å². The maximum Gasteiger partial charge on any atom is 0.246 e. The monoisotopic (exact) mass is 652 g/mol. The molecular weight excluding hydrogens is 604 g/mol. The summed E-state index contributed by atoms with van der Waals surface area (Å²) < 4.78 is 40.2. The van der Waals surface area contributed by atoms with Crippen LogP contribution < -0.4 is 20.5 Å². The van der Waals surface area contributed by atoms with Crippen LogP contribution in [-0.4, -0.2) is 103 Å². The van der Waals surface area contributed by atoms with Gasteiger partial charge in [-0.15, -0.1) is 0 Å². The van der Waals surface area contributed by atoms with Crippen molar-refractivity contribution in [1.29, 1.82) is 0 Å². The van der Waals surface area contributed by atoms with Crippen molar-refractivity contribution < 1.29 is 43.1 Å². The average Bonchev–Trinajstić information content (AvgIpc) is 3.12. The fourth-order valence-electron chi connectivity index (χ4n) is 5.50. The van der Waals surface area contributed by atoms with Crippen LogP contribution in [0, 0.1) is 0 Å². The van der Waals surface area contributed by atoms with Crippen LogP contribution in [0.1, 0.15) is 29.5 Å². The minimum atomic E-state index is -1.04. The fourth-order valence-corrected chi connectivity index (χ4v) is 5.50. The van der Waals surface area contributed by atoms with Crippen molar-refractivity contribution in [1.82, 2.24) is 5.32 Å². The van der Waals surface area contributed by atoms with Crippen molar-refractivity contribution in [2.45, 2.75) is 36.8 Å². The fraction of sp³-hybridized carbons (Fsp3) is 0.472. The molecule has 1 fully saturated rings. The second-order valence-electron chi connectivity index (χ2n) is 11.1. The van der Waals surface area contributed by atoms with Gasteiger partial charge in [0.15, 0.2) is 0 Å². The van der Waals surface area contributed by atoms with Gasteiger partial charge in [-0.1, -0.05) is 54.6 Å². The van der Waals surface area contributed by atoms with E-state index in [0.717, 1.165) is 28.2 Å². The minimum Gasteiger partial charge on any atom is -0.497 e. The number of aliphatic hydroxyl groups excluding tert-OH is 1. The Hall–Kier alpha value is -3.55. The SMILES string of the molecule is COc1ccc(C(OC[C@H]2O[C@@H](CNC(=O)COCCOCCOCCN)CC[C@@H]2O)(c2ccccc2)c2ccc(OC)cc2)cc1. The van der Waals surface area contributed by atoms with E-state index in [2.05, 4.69) is 5.32 Å². The van der Waals surface area contributed by atoms with Gasteiger partial charge in [0.2, 0.25) is 5.91 Å². The molecule has 0 unspecified atom stereocenters. The maximum atomic E-state index is 12.4. The number of hydrogen-bond donors (Lipinski definition) is 3. The van der Waals surface area contributed by atoms with Crippen molar-refractivity contribution >= 4 is 5.91 Å². The number of nitrogens with one attached hydrogen (secondary N) is 1. The molecule has 1 amide bonds. The Morgan fingerprint density at radius 2 is 1.36 bits per heavy atom. The van der Waals surface area contributed by atoms with Crippen molar-refractivity contribution in [3.8, 4) is 11.5 Å². The van der Waals surface area contributed by atoms with Crippen molar-refractivity contribution in [3.63, 3.8) is 0 Å². The van der Waals surface area contributed by atoms with Gasteiger partial charge in [-0.05, 0) is 53.8 Å². The number of ether oxygens (including phenoxy) is 7. The first-order valence-electron chi connectivity index (χ1n) is 16.0. The molecule has 1 saturated heterocycles. The average molecular weight is 653 g/mol. The molecule has 0 saturated carbocycles. The molecule has 4 rings (SSSR count). The lowest BCUT2D eigenvalue weighted by atomic mass is 9.80. The van der Waals surface area contributed by atoms with Crippen LogP contribution in [0.2, 0.25) is 0 Å². The quantitative estimate of drug-likeness (QED) is 0.123. The number of aliphatic hydroxyl groups is 1. The Morgan fingerprint density at radius 1 is 0.809 bits per heavy atom. The highest BCUT2D eigenvalue weighted by Gasteiger charge is 2.40. The second-order valence-corrected chi connectivity index (χ2v) is 11.1. The summed E-state index contributed by atoms with van der Waals surface area (Å²) in [6, 6.07) is 25.5. The summed E-state index contributed by atoms with van der Waals surface area (Å²) in [6.45, 7) is 2.85. The van der Waals surface area contributed by atoms with E-state index in [1.807, 2.05) is 78.9 Å². The highest BCUT2D eigenvalue weighted by atomic mass is 16.6. The Bertz CT molecular complexity index is 1260. The summed E-state index contributed by atoms with van der Waals surface area (Å²) in [6.07, 6.45) is -0.528. The molecule has 0 radical (unpaired) electrons. The molecule has 11 heteroatoms. The molecule has 3 atom stereocenters. The van der Waals surface area contributed by atoms with Gasteiger partial charge in [0, 0.05) is 13.1 Å². The molecular formula is C36H48N2O9. The zero-order valence-corrected chi connectivity index (χ0v) is 27.3. The number of amides is 1. The van der Waals surface area contributed by atoms with Gasteiger partial charge in [-0.25, -0.2) is 0 Å². The molecule has 1 heterocycles. The lowest BCUT2D eigenvalue weighted by Gasteiger charge is -2.40. The number of nitrogens with two attached hydrogens (primary N) is 1. The van der Waals surface area contributed by atoms with Crippen LogP contribution in [0.15, 0.2) is 78.9 Å². The molecule has 1 aliphatic heterocycles. The van der Waals surface area contributed by atoms with Gasteiger partial charge < -0.3 is 49.3 Å². The summed E-state index contributed by atoms with van der Waals surface area (Å²) in [4.78, 5) is 12.4. The molecule has 11 nitrogen and oxygen atoms in total. The van der Waals surface area contributed by atoms with Crippen LogP contribution in [0.4, 0.5) is 0 Å². The van der Waals surface area contributed by atoms with E-state index in [1.54, 1.807) is 14.2 Å². The third-order valence-electron chi connectivity index (χ3n) is 7.98. The first-order chi connectivity index (χ1) is 23.0. The van der Waals surface area contributed by atoms with Crippen LogP contribution in [0.3, 0.4) is 0 Å². The van der Waals surface area contributed by atoms with Crippen molar-refractivity contribution in [2.75, 3.05) is 73.6 Å². The molecule has 0 aliphatic carbocycles. The molecule has 1 aliphatic rings. The molecule has 4 N–H and O–H groups in total. The van der Waals surface area contributed by atoms with E-state index in [1.165, 1.54) is 0 Å². The molecule has 0 spiro atoms. The standard InChI is InChI=1S/C36H48N2O9/c1-41-30-12-8-28(9-13-30)36(27-6-4-3-5-7-27,29-10-14-31(42-2)15-11-29)46-25-34-33(39)17-16-32(47-34)24-38-35(40)26-45-23-22-44-21-20-43-19-18-37/h3-15,32-34,39H,16-26,37H2,1-2H3,(H,38,40)/t32-,33+,34-/m1/s1. The van der Waals surface area contributed by atoms with E-state index in [-0.39, 0.29) is 25.2 Å². The zero-order chi connectivity index (χ0) is 33.3. The van der Waals surface area contributed by atoms with Crippen molar-refractivity contribution in [3.05, 3.63) is 95.6 Å². The van der Waals surface area contributed by atoms with Gasteiger partial charge in [0.1, 0.15) is 29.8 Å². The second kappa shape index (κ2) is 19.3. The van der Waals surface area contributed by atoms with Crippen LogP contribution in [0.25, 0.3) is 0 Å². The van der Waals surface area contributed by atoms with Crippen LogP contribution >= 0.6 is 0 Å². The first-order valence-corrected chi connectivity index (χ1v) is 16.0. The molecule has 256 valence electrons. The number of rotatable bonds is 20. The molecule has 0 bridgehead atoms. The number of carbonyl (C=O) groups excluding carboxylic acids is 1. The summed E-state index contributed by atoms with van der Waals surface area (Å²) in [5, 5.41) is 13.9. The van der Waals surface area contributed by atoms with Gasteiger partial charge >= 0.3 is 0 Å². The summed E-state index contributed by atoms with van der Waals surface area (Å²) >= 11 is 0. The Labute approximate surface area is 277 Å². The minimum absolute atomic E-state index is 0.0851. The molecule has 47 heavy (non-hydrogen) atoms. The normalized spacial score (nSPS) is 18.1. The maximum absolute atomic E-state index is 12.4. The van der Waals surface area contributed by atoms with Crippen LogP contribution in [0.5, 0.6) is 11.5 Å². The van der Waals surface area contributed by atoms with E-state index >= 15 is 0 Å². The van der Waals surface area contributed by atoms with Gasteiger partial charge in [-0.2, -0.15) is 0 Å². The number of benzene rings is 3. The van der Waals surface area contributed by atoms with E-state index in [4.69, 9.17) is 38.9 Å². The Balaban J connectivity index is 1.40. The Kier molecular flexibility index (Phi) is 14.9. The third-order valence-corrected chi connectivity index (χ3v) is 7.98. The topological polar surface area (TPSA) is 140 Å². The first kappa shape index (κ1) is 36.3. The van der Waals surface area contributed by atoms with Crippen molar-refractivity contribution in [2.24, 2.45) is 5.73 Å². The van der Waals surface area contributed by atoms with Gasteiger partial charge in [-0.3, -0.25) is 4.79 Å². The highest BCUT2D eigenvalue weighted by molar-refractivity contribution is 5.77. The van der Waals surface area contributed by atoms with Crippen LogP contribution in [-0.2, 0) is 34.1 Å². The molecule has 0 aromatic heterocycles. The third kappa shape index (κ3) is 10.5. The molecule has 3 aromatic rings. The van der Waals surface area contributed by atoms with E-state index < -0.39 is 17.8 Å². The summed E-state index contributed by atoms with van der Waals surface area (Å²) in [7, 11) is 3.26. The largest absolute Gasteiger partial charge is 0.497 e. The number of methoxy groups -OCH3 is 2. The van der Waals surface area contributed by atoms with E-state index in [9.17, 15) is 9.90 Å². The zero-order valence-electron chi connectivity index (χ0n) is 27.3. The lowest BCUT2D eigenvalue weighted by molar-refractivity contribution is -0.158. The Morgan fingerprint density at radius 3 is 1.94 bits per heavy atom. The summed E-state index contributed by atoms with van der Waals surface area (Å²) in [5.41, 5.74) is 7.01. The highest BCUT2D eigenvalue weighted by Crippen LogP contribution is 2.42. The summed E-state index contributed by atoms with van der Waals surface area (Å²) in [5.74, 6) is 1.20. The lowest BCUT2D eigenvalue weighted by Crippen LogP contribution is -2.48. The predicted molar refractivity (Wildman–Crippen MR) is 177 cm³/mol. The number of hydrogen-bond acceptors (Lipinski definition) is 10. The number of carbonyl (C=O) groups is 1. The van der Waals surface area contributed by atoms with Gasteiger partial charge in [0.25, 0.3) is 0 Å².